The normalized spacial score (nSPS) is 15.7. The van der Waals surface area contributed by atoms with Crippen molar-refractivity contribution in [1.29, 1.82) is 0 Å². The van der Waals surface area contributed by atoms with Crippen LogP contribution in [0.5, 0.6) is 0 Å². The lowest BCUT2D eigenvalue weighted by Gasteiger charge is -2.25. The highest BCUT2D eigenvalue weighted by Gasteiger charge is 2.47. The highest BCUT2D eigenvalue weighted by atomic mass is 35.5. The first kappa shape index (κ1) is 22.7. The van der Waals surface area contributed by atoms with Gasteiger partial charge in [0.2, 0.25) is 0 Å². The largest absolute Gasteiger partial charge is 0.416 e. The van der Waals surface area contributed by atoms with E-state index in [1.807, 2.05) is 0 Å². The average Bonchev–Trinajstić information content (AvgIpc) is 2.32. The first-order chi connectivity index (χ1) is 10.1. The monoisotopic (exact) mass is 395 g/mol. The minimum atomic E-state index is -5.62. The second kappa shape index (κ2) is 6.92. The second-order valence-electron chi connectivity index (χ2n) is 4.43. The summed E-state index contributed by atoms with van der Waals surface area (Å²) in [6.07, 6.45) is -20.1. The number of hydrogen-bond acceptors (Lipinski definition) is 2. The zero-order chi connectivity index (χ0) is 18.4. The summed E-state index contributed by atoms with van der Waals surface area (Å²) in [5.41, 5.74) is -1.52. The van der Waals surface area contributed by atoms with Crippen LogP contribution < -0.4 is 5.73 Å². The van der Waals surface area contributed by atoms with Gasteiger partial charge in [-0.1, -0.05) is 0 Å². The summed E-state index contributed by atoms with van der Waals surface area (Å²) < 4.78 is 126. The molecule has 0 aliphatic heterocycles. The van der Waals surface area contributed by atoms with Crippen molar-refractivity contribution in [2.75, 3.05) is 0 Å². The van der Waals surface area contributed by atoms with Crippen LogP contribution in [0.4, 0.5) is 43.9 Å². The van der Waals surface area contributed by atoms with Gasteiger partial charge in [-0.3, -0.25) is 0 Å². The molecule has 0 aromatic heterocycles. The minimum Gasteiger partial charge on any atom is -0.382 e. The Morgan fingerprint density at radius 1 is 0.875 bits per heavy atom. The van der Waals surface area contributed by atoms with Crippen molar-refractivity contribution < 1.29 is 49.0 Å². The number of halogens is 11. The predicted octanol–water partition coefficient (Wildman–Crippen LogP) is 4.21. The van der Waals surface area contributed by atoms with E-state index in [2.05, 4.69) is 0 Å². The molecular weight excluding hydrogens is 388 g/mol. The molecule has 2 nitrogen and oxygen atoms in total. The lowest BCUT2D eigenvalue weighted by Crippen LogP contribution is -2.40. The van der Waals surface area contributed by atoms with E-state index in [0.717, 1.165) is 0 Å². The fourth-order valence-electron chi connectivity index (χ4n) is 1.72. The van der Waals surface area contributed by atoms with Crippen LogP contribution in [0.2, 0.25) is 0 Å². The number of hydrogen-bond donors (Lipinski definition) is 2. The van der Waals surface area contributed by atoms with E-state index in [0.29, 0.717) is 0 Å². The van der Waals surface area contributed by atoms with E-state index >= 15 is 0 Å². The van der Waals surface area contributed by atoms with Crippen molar-refractivity contribution in [3.05, 3.63) is 34.6 Å². The van der Waals surface area contributed by atoms with E-state index in [1.165, 1.54) is 0 Å². The molecule has 24 heavy (non-hydrogen) atoms. The number of rotatable bonds is 2. The Balaban J connectivity index is 0.00000529. The van der Waals surface area contributed by atoms with Crippen molar-refractivity contribution in [3.8, 4) is 0 Å². The van der Waals surface area contributed by atoms with Crippen LogP contribution in [-0.2, 0) is 12.4 Å². The molecule has 0 spiro atoms. The van der Waals surface area contributed by atoms with Crippen molar-refractivity contribution in [3.63, 3.8) is 0 Å². The third-order valence-electron chi connectivity index (χ3n) is 2.77. The van der Waals surface area contributed by atoms with Gasteiger partial charge in [-0.05, 0) is 12.1 Å². The zero-order valence-corrected chi connectivity index (χ0v) is 11.8. The van der Waals surface area contributed by atoms with Gasteiger partial charge in [0.1, 0.15) is 5.82 Å². The van der Waals surface area contributed by atoms with Gasteiger partial charge in [-0.2, -0.15) is 39.5 Å². The van der Waals surface area contributed by atoms with E-state index < -0.39 is 65.3 Å². The van der Waals surface area contributed by atoms with Crippen LogP contribution in [0.3, 0.4) is 0 Å². The van der Waals surface area contributed by atoms with E-state index in [4.69, 9.17) is 10.8 Å². The number of aliphatic hydroxyl groups excluding tert-OH is 1. The maximum atomic E-state index is 13.6. The molecule has 0 saturated heterocycles. The molecule has 13 heteroatoms. The van der Waals surface area contributed by atoms with Crippen molar-refractivity contribution in [2.24, 2.45) is 5.73 Å². The molecule has 1 rings (SSSR count). The van der Waals surface area contributed by atoms with Crippen LogP contribution in [0, 0.1) is 5.82 Å². The Morgan fingerprint density at radius 3 is 1.67 bits per heavy atom. The van der Waals surface area contributed by atoms with Crippen molar-refractivity contribution >= 4 is 12.4 Å². The van der Waals surface area contributed by atoms with Gasteiger partial charge in [0.25, 0.3) is 0 Å². The fourth-order valence-corrected chi connectivity index (χ4v) is 1.72. The molecule has 3 N–H and O–H groups in total. The summed E-state index contributed by atoms with van der Waals surface area (Å²) in [5, 5.41) is 8.85. The first-order valence-electron chi connectivity index (χ1n) is 5.55. The third-order valence-corrected chi connectivity index (χ3v) is 2.77. The van der Waals surface area contributed by atoms with Crippen LogP contribution in [0.15, 0.2) is 12.1 Å². The molecule has 0 fully saturated rings. The molecule has 1 aromatic rings. The molecule has 0 radical (unpaired) electrons. The van der Waals surface area contributed by atoms with Crippen LogP contribution in [0.1, 0.15) is 22.7 Å². The van der Waals surface area contributed by atoms with Gasteiger partial charge >= 0.3 is 18.5 Å². The predicted molar refractivity (Wildman–Crippen MR) is 62.6 cm³/mol. The van der Waals surface area contributed by atoms with Gasteiger partial charge in [-0.25, -0.2) is 4.39 Å². The molecule has 0 bridgehead atoms. The van der Waals surface area contributed by atoms with Crippen LogP contribution in [0.25, 0.3) is 0 Å². The van der Waals surface area contributed by atoms with Gasteiger partial charge in [0.05, 0.1) is 17.2 Å². The lowest BCUT2D eigenvalue weighted by atomic mass is 9.93. The molecule has 0 aliphatic rings. The summed E-state index contributed by atoms with van der Waals surface area (Å²) in [6.45, 7) is 0. The van der Waals surface area contributed by atoms with Crippen molar-refractivity contribution in [2.45, 2.75) is 30.7 Å². The summed E-state index contributed by atoms with van der Waals surface area (Å²) in [5.74, 6) is -2.26. The Hall–Kier alpha value is -1.27. The fraction of sp³-hybridized carbons (Fsp3) is 0.455. The highest BCUT2D eigenvalue weighted by Crippen LogP contribution is 2.42. The maximum absolute atomic E-state index is 13.6. The Bertz CT molecular complexity index is 580. The summed E-state index contributed by atoms with van der Waals surface area (Å²) in [4.78, 5) is 0. The lowest BCUT2D eigenvalue weighted by molar-refractivity contribution is -0.211. The summed E-state index contributed by atoms with van der Waals surface area (Å²) >= 11 is 0. The molecule has 0 aliphatic carbocycles. The standard InChI is InChI=1S/C11H7F10NO.ClH/c12-5-2-3(9(13,14)15)1-4(10(16,17)18)6(5)7(22)8(23)11(19,20)21;/h1-2,7-8,23H,22H2;1H/t7-,8-;/m0./s1. The molecule has 0 heterocycles. The molecule has 0 saturated carbocycles. The molecule has 2 atom stereocenters. The van der Waals surface area contributed by atoms with Gasteiger partial charge in [0, 0.05) is 5.56 Å². The van der Waals surface area contributed by atoms with Gasteiger partial charge in [-0.15, -0.1) is 12.4 Å². The SMILES string of the molecule is Cl.N[C@@H](c1c(F)cc(C(F)(F)F)cc1C(F)(F)F)[C@H](O)C(F)(F)F. The topological polar surface area (TPSA) is 46.2 Å². The smallest absolute Gasteiger partial charge is 0.382 e. The molecule has 0 amide bonds. The molecular formula is C11H8ClF10NO. The average molecular weight is 396 g/mol. The van der Waals surface area contributed by atoms with Crippen LogP contribution in [-0.4, -0.2) is 17.4 Å². The van der Waals surface area contributed by atoms with Gasteiger partial charge in [0.15, 0.2) is 6.10 Å². The Morgan fingerprint density at radius 2 is 1.33 bits per heavy atom. The molecule has 0 unspecified atom stereocenters. The summed E-state index contributed by atoms with van der Waals surface area (Å²) in [6, 6.07) is -3.96. The number of nitrogens with two attached hydrogens (primary N) is 1. The zero-order valence-electron chi connectivity index (χ0n) is 11.0. The van der Waals surface area contributed by atoms with Crippen LogP contribution >= 0.6 is 12.4 Å². The highest BCUT2D eigenvalue weighted by molar-refractivity contribution is 5.85. The molecule has 140 valence electrons. The first-order valence-corrected chi connectivity index (χ1v) is 5.55. The van der Waals surface area contributed by atoms with Gasteiger partial charge < -0.3 is 10.8 Å². The Labute approximate surface area is 133 Å². The van der Waals surface area contributed by atoms with Crippen molar-refractivity contribution in [1.82, 2.24) is 0 Å². The third kappa shape index (κ3) is 4.86. The number of alkyl halides is 9. The number of benzene rings is 1. The van der Waals surface area contributed by atoms with E-state index in [1.54, 1.807) is 0 Å². The summed E-state index contributed by atoms with van der Waals surface area (Å²) in [7, 11) is 0. The Kier molecular flexibility index (Phi) is 6.56. The van der Waals surface area contributed by atoms with E-state index in [-0.39, 0.29) is 12.4 Å². The second-order valence-corrected chi connectivity index (χ2v) is 4.43. The minimum absolute atomic E-state index is 0. The number of aliphatic hydroxyl groups is 1. The quantitative estimate of drug-likeness (QED) is 0.737. The maximum Gasteiger partial charge on any atom is 0.416 e. The molecule has 1 aromatic carbocycles. The van der Waals surface area contributed by atoms with E-state index in [9.17, 15) is 43.9 Å².